The number of nitrogens with zero attached hydrogens (tertiary/aromatic N) is 2. The van der Waals surface area contributed by atoms with Crippen molar-refractivity contribution in [3.05, 3.63) is 34.5 Å². The van der Waals surface area contributed by atoms with Crippen LogP contribution in [0.4, 0.5) is 5.69 Å². The Morgan fingerprint density at radius 3 is 2.80 bits per heavy atom. The molecule has 25 heavy (non-hydrogen) atoms. The molecule has 1 atom stereocenters. The molecule has 1 aromatic heterocycles. The van der Waals surface area contributed by atoms with Crippen LogP contribution in [0.1, 0.15) is 49.8 Å². The topological polar surface area (TPSA) is 62.5 Å². The fraction of sp³-hybridized carbons (Fsp3) is 0.450. The molecule has 0 saturated heterocycles. The first-order valence-electron chi connectivity index (χ1n) is 9.05. The van der Waals surface area contributed by atoms with Gasteiger partial charge in [0.1, 0.15) is 0 Å². The lowest BCUT2D eigenvalue weighted by Gasteiger charge is -2.23. The molecule has 4 nitrogen and oxygen atoms in total. The highest BCUT2D eigenvalue weighted by Gasteiger charge is 2.28. The van der Waals surface area contributed by atoms with Crippen molar-refractivity contribution in [3.63, 3.8) is 0 Å². The molecule has 1 heterocycles. The van der Waals surface area contributed by atoms with Crippen LogP contribution in [-0.4, -0.2) is 21.8 Å². The number of carbonyl (C=O) groups is 1. The molecule has 1 N–H and O–H groups in total. The summed E-state index contributed by atoms with van der Waals surface area (Å²) >= 11 is 6.23. The van der Waals surface area contributed by atoms with Crippen molar-refractivity contribution in [1.82, 2.24) is 4.98 Å². The van der Waals surface area contributed by atoms with Gasteiger partial charge in [0, 0.05) is 21.8 Å². The maximum atomic E-state index is 11.6. The lowest BCUT2D eigenvalue weighted by atomic mass is 9.86. The normalized spacial score (nSPS) is 22.1. The van der Waals surface area contributed by atoms with E-state index < -0.39 is 11.9 Å². The monoisotopic (exact) mass is 356 g/mol. The Labute approximate surface area is 151 Å². The average Bonchev–Trinajstić information content (AvgIpc) is 2.62. The first-order valence-corrected chi connectivity index (χ1v) is 9.42. The Balaban J connectivity index is 1.94. The molecule has 0 amide bonds. The van der Waals surface area contributed by atoms with Gasteiger partial charge in [-0.2, -0.15) is 0 Å². The number of hydrogen-bond acceptors (Lipinski definition) is 3. The van der Waals surface area contributed by atoms with Gasteiger partial charge in [0.05, 0.1) is 17.1 Å². The van der Waals surface area contributed by atoms with E-state index in [9.17, 15) is 9.90 Å². The molecule has 0 bridgehead atoms. The smallest absolute Gasteiger partial charge is 0.312 e. The third-order valence-electron chi connectivity index (χ3n) is 5.33. The number of hydrogen-bond donors (Lipinski definition) is 1. The fourth-order valence-corrected chi connectivity index (χ4v) is 4.21. The molecule has 1 fully saturated rings. The molecule has 1 unspecified atom stereocenters. The molecule has 130 valence electrons. The molecule has 0 spiro atoms. The minimum Gasteiger partial charge on any atom is -0.481 e. The number of aliphatic imine (C=N–C) groups is 1. The second-order valence-electron chi connectivity index (χ2n) is 6.99. The number of benzene rings is 1. The minimum atomic E-state index is -0.760. The quantitative estimate of drug-likeness (QED) is 0.812. The summed E-state index contributed by atoms with van der Waals surface area (Å²) in [5.74, 6) is -1.22. The van der Waals surface area contributed by atoms with Gasteiger partial charge in [-0.25, -0.2) is 0 Å². The highest BCUT2D eigenvalue weighted by Crippen LogP contribution is 2.38. The molecular formula is C20H21ClN2O2. The summed E-state index contributed by atoms with van der Waals surface area (Å²) < 4.78 is 0. The van der Waals surface area contributed by atoms with Crippen LogP contribution in [0, 0.1) is 5.92 Å². The highest BCUT2D eigenvalue weighted by molar-refractivity contribution is 6.31. The Bertz CT molecular complexity index is 876. The van der Waals surface area contributed by atoms with E-state index in [1.807, 2.05) is 18.2 Å². The predicted octanol–water partition coefficient (Wildman–Crippen LogP) is 5.11. The van der Waals surface area contributed by atoms with Gasteiger partial charge in [-0.1, -0.05) is 18.0 Å². The number of pyridine rings is 1. The summed E-state index contributed by atoms with van der Waals surface area (Å²) in [5, 5.41) is 11.2. The molecule has 1 saturated carbocycles. The maximum absolute atomic E-state index is 11.6. The molecule has 0 radical (unpaired) electrons. The zero-order chi connectivity index (χ0) is 17.4. The predicted molar refractivity (Wildman–Crippen MR) is 100 cm³/mol. The number of carboxylic acids is 1. The molecule has 4 rings (SSSR count). The van der Waals surface area contributed by atoms with Gasteiger partial charge in [0.15, 0.2) is 0 Å². The number of rotatable bonds is 2. The van der Waals surface area contributed by atoms with Crippen molar-refractivity contribution in [2.75, 3.05) is 0 Å². The van der Waals surface area contributed by atoms with E-state index >= 15 is 0 Å². The van der Waals surface area contributed by atoms with Crippen LogP contribution in [0.5, 0.6) is 0 Å². The average molecular weight is 357 g/mol. The van der Waals surface area contributed by atoms with Crippen LogP contribution in [0.15, 0.2) is 23.2 Å². The van der Waals surface area contributed by atoms with Crippen LogP contribution in [0.3, 0.4) is 0 Å². The van der Waals surface area contributed by atoms with Crippen molar-refractivity contribution in [2.24, 2.45) is 10.9 Å². The zero-order valence-electron chi connectivity index (χ0n) is 14.1. The van der Waals surface area contributed by atoms with E-state index in [0.717, 1.165) is 72.9 Å². The molecule has 0 aliphatic heterocycles. The molecule has 2 aromatic rings. The summed E-state index contributed by atoms with van der Waals surface area (Å²) in [6.45, 7) is 0. The van der Waals surface area contributed by atoms with Crippen LogP contribution >= 0.6 is 11.6 Å². The molecule has 1 aromatic carbocycles. The van der Waals surface area contributed by atoms with E-state index in [1.54, 1.807) is 0 Å². The van der Waals surface area contributed by atoms with Crippen molar-refractivity contribution in [1.29, 1.82) is 0 Å². The Morgan fingerprint density at radius 2 is 1.96 bits per heavy atom. The van der Waals surface area contributed by atoms with Crippen molar-refractivity contribution in [3.8, 4) is 0 Å². The zero-order valence-corrected chi connectivity index (χ0v) is 14.9. The summed E-state index contributed by atoms with van der Waals surface area (Å²) in [6.07, 6.45) is 7.60. The van der Waals surface area contributed by atoms with E-state index in [2.05, 4.69) is 0 Å². The van der Waals surface area contributed by atoms with Gasteiger partial charge in [-0.3, -0.25) is 14.8 Å². The first-order chi connectivity index (χ1) is 12.1. The Kier molecular flexibility index (Phi) is 4.46. The van der Waals surface area contributed by atoms with E-state index in [4.69, 9.17) is 21.6 Å². The fourth-order valence-electron chi connectivity index (χ4n) is 4.04. The van der Waals surface area contributed by atoms with Gasteiger partial charge in [-0.15, -0.1) is 0 Å². The summed E-state index contributed by atoms with van der Waals surface area (Å²) in [7, 11) is 0. The third-order valence-corrected chi connectivity index (χ3v) is 5.56. The van der Waals surface area contributed by atoms with Crippen LogP contribution in [0.25, 0.3) is 10.9 Å². The van der Waals surface area contributed by atoms with E-state index in [1.165, 1.54) is 5.56 Å². The first kappa shape index (κ1) is 16.5. The van der Waals surface area contributed by atoms with E-state index in [0.29, 0.717) is 11.4 Å². The largest absolute Gasteiger partial charge is 0.481 e. The highest BCUT2D eigenvalue weighted by atomic mass is 35.5. The van der Waals surface area contributed by atoms with Crippen LogP contribution < -0.4 is 0 Å². The van der Waals surface area contributed by atoms with Crippen molar-refractivity contribution < 1.29 is 9.90 Å². The number of aryl methyl sites for hydroxylation is 1. The van der Waals surface area contributed by atoms with Crippen molar-refractivity contribution >= 4 is 39.9 Å². The maximum Gasteiger partial charge on any atom is 0.312 e. The lowest BCUT2D eigenvalue weighted by molar-refractivity contribution is -0.139. The van der Waals surface area contributed by atoms with Gasteiger partial charge in [-0.05, 0) is 68.7 Å². The van der Waals surface area contributed by atoms with Gasteiger partial charge in [0.25, 0.3) is 0 Å². The molecular weight excluding hydrogens is 336 g/mol. The van der Waals surface area contributed by atoms with Crippen LogP contribution in [0.2, 0.25) is 5.02 Å². The number of halogens is 1. The van der Waals surface area contributed by atoms with Crippen LogP contribution in [-0.2, 0) is 17.6 Å². The lowest BCUT2D eigenvalue weighted by Crippen LogP contribution is -2.27. The van der Waals surface area contributed by atoms with Gasteiger partial charge in [0.2, 0.25) is 0 Å². The Morgan fingerprint density at radius 1 is 1.16 bits per heavy atom. The van der Waals surface area contributed by atoms with E-state index in [-0.39, 0.29) is 0 Å². The van der Waals surface area contributed by atoms with Gasteiger partial charge < -0.3 is 5.11 Å². The van der Waals surface area contributed by atoms with Gasteiger partial charge >= 0.3 is 5.97 Å². The number of aliphatic carboxylic acids is 1. The number of fused-ring (bicyclic) bond motifs is 2. The number of carboxylic acid groups (broad SMARTS) is 1. The summed E-state index contributed by atoms with van der Waals surface area (Å²) in [6, 6.07) is 5.70. The Hall–Kier alpha value is -1.94. The van der Waals surface area contributed by atoms with Crippen molar-refractivity contribution in [2.45, 2.75) is 51.4 Å². The standard InChI is InChI=1S/C20H21ClN2O2/c21-12-9-10-18-15(11-12)19(13-5-1-3-7-16(13)22-18)23-17-8-4-2-6-14(17)20(24)25/h9-11,14H,1-8H2,(H,24,25). The SMILES string of the molecule is O=C(O)C1CCCCC1=Nc1c2c(nc3ccc(Cl)cc13)CCCC2. The second-order valence-corrected chi connectivity index (χ2v) is 7.43. The molecule has 5 heteroatoms. The summed E-state index contributed by atoms with van der Waals surface area (Å²) in [5.41, 5.74) is 4.91. The number of aromatic nitrogens is 1. The minimum absolute atomic E-state index is 0.463. The summed E-state index contributed by atoms with van der Waals surface area (Å²) in [4.78, 5) is 21.4. The molecule has 2 aliphatic carbocycles. The molecule has 2 aliphatic rings. The second kappa shape index (κ2) is 6.75. The third kappa shape index (κ3) is 3.15.